The lowest BCUT2D eigenvalue weighted by Gasteiger charge is -2.16. The van der Waals surface area contributed by atoms with Crippen LogP contribution in [-0.2, 0) is 15.2 Å². The molecular weight excluding hydrogens is 251 g/mol. The summed E-state index contributed by atoms with van der Waals surface area (Å²) in [6.07, 6.45) is 0. The summed E-state index contributed by atoms with van der Waals surface area (Å²) in [5.74, 6) is -1.61. The van der Waals surface area contributed by atoms with Crippen molar-refractivity contribution in [3.8, 4) is 5.75 Å². The predicted molar refractivity (Wildman–Crippen MR) is 68.1 cm³/mol. The molecule has 0 amide bonds. The summed E-state index contributed by atoms with van der Waals surface area (Å²) in [6.45, 7) is 4.44. The van der Waals surface area contributed by atoms with Gasteiger partial charge in [-0.05, 0) is 38.5 Å². The van der Waals surface area contributed by atoms with E-state index in [0.717, 1.165) is 0 Å². The maximum atomic E-state index is 13.9. The summed E-state index contributed by atoms with van der Waals surface area (Å²) < 4.78 is 23.5. The molecule has 0 aliphatic heterocycles. The number of Topliss-reactive ketones (excluding diaryl/α,β-unsaturated/α-hetero) is 1. The van der Waals surface area contributed by atoms with E-state index in [1.165, 1.54) is 39.2 Å². The fourth-order valence-electron chi connectivity index (χ4n) is 1.56. The highest BCUT2D eigenvalue weighted by molar-refractivity contribution is 6.41. The van der Waals surface area contributed by atoms with Crippen molar-refractivity contribution in [1.82, 2.24) is 0 Å². The summed E-state index contributed by atoms with van der Waals surface area (Å²) in [5.41, 5.74) is -1.32. The molecule has 19 heavy (non-hydrogen) atoms. The van der Waals surface area contributed by atoms with Crippen LogP contribution >= 0.6 is 0 Å². The van der Waals surface area contributed by atoms with Crippen LogP contribution in [0.4, 0.5) is 4.39 Å². The molecule has 1 aromatic rings. The molecule has 0 N–H and O–H groups in total. The lowest BCUT2D eigenvalue weighted by atomic mass is 9.96. The molecular formula is C14H17FO4. The summed E-state index contributed by atoms with van der Waals surface area (Å²) in [4.78, 5) is 23.4. The maximum Gasteiger partial charge on any atom is 0.379 e. The Labute approximate surface area is 111 Å². The van der Waals surface area contributed by atoms with Gasteiger partial charge in [0.15, 0.2) is 0 Å². The van der Waals surface area contributed by atoms with E-state index in [1.54, 1.807) is 6.92 Å². The third-order valence-corrected chi connectivity index (χ3v) is 2.59. The van der Waals surface area contributed by atoms with Gasteiger partial charge in [0.25, 0.3) is 5.78 Å². The van der Waals surface area contributed by atoms with E-state index in [9.17, 15) is 14.0 Å². The molecule has 0 saturated carbocycles. The molecule has 0 radical (unpaired) electrons. The molecule has 104 valence electrons. The molecule has 0 aliphatic carbocycles. The minimum absolute atomic E-state index is 0.00387. The first-order valence-electron chi connectivity index (χ1n) is 5.90. The van der Waals surface area contributed by atoms with Gasteiger partial charge in [0.1, 0.15) is 11.4 Å². The largest absolute Gasteiger partial charge is 0.496 e. The molecule has 0 bridgehead atoms. The third kappa shape index (κ3) is 3.53. The summed E-state index contributed by atoms with van der Waals surface area (Å²) >= 11 is 0. The first-order valence-corrected chi connectivity index (χ1v) is 5.90. The predicted octanol–water partition coefficient (Wildman–Crippen LogP) is 2.65. The molecule has 0 fully saturated rings. The van der Waals surface area contributed by atoms with Crippen molar-refractivity contribution in [3.05, 3.63) is 29.3 Å². The second-order valence-electron chi connectivity index (χ2n) is 4.44. The number of ketones is 1. The number of alkyl halides is 1. The van der Waals surface area contributed by atoms with Gasteiger partial charge in [0, 0.05) is 0 Å². The second-order valence-corrected chi connectivity index (χ2v) is 4.44. The number of carbonyl (C=O) groups excluding carboxylic acids is 2. The summed E-state index contributed by atoms with van der Waals surface area (Å²) in [5, 5.41) is 0. The fraction of sp³-hybridized carbons (Fsp3) is 0.429. The van der Waals surface area contributed by atoms with Crippen LogP contribution in [0.5, 0.6) is 5.75 Å². The number of methoxy groups -OCH3 is 1. The molecule has 1 rings (SSSR count). The zero-order valence-corrected chi connectivity index (χ0v) is 11.5. The van der Waals surface area contributed by atoms with Crippen LogP contribution in [0.1, 0.15) is 36.7 Å². The molecule has 5 heteroatoms. The van der Waals surface area contributed by atoms with Gasteiger partial charge < -0.3 is 9.47 Å². The van der Waals surface area contributed by atoms with Gasteiger partial charge in [0.05, 0.1) is 19.3 Å². The highest BCUT2D eigenvalue weighted by atomic mass is 19.1. The van der Waals surface area contributed by atoms with E-state index in [4.69, 9.17) is 4.74 Å². The Morgan fingerprint density at radius 2 is 1.95 bits per heavy atom. The summed E-state index contributed by atoms with van der Waals surface area (Å²) in [7, 11) is 1.37. The number of ether oxygens (including phenoxy) is 2. The second kappa shape index (κ2) is 5.82. The van der Waals surface area contributed by atoms with Crippen molar-refractivity contribution in [3.63, 3.8) is 0 Å². The van der Waals surface area contributed by atoms with Crippen molar-refractivity contribution in [2.45, 2.75) is 26.4 Å². The standard InChI is InChI=1S/C14H17FO4/c1-5-19-13(17)12(16)10-8-9(14(2,3)15)6-7-11(10)18-4/h6-8H,5H2,1-4H3. The lowest BCUT2D eigenvalue weighted by Crippen LogP contribution is -2.19. The van der Waals surface area contributed by atoms with Crippen LogP contribution in [0.15, 0.2) is 18.2 Å². The number of hydrogen-bond donors (Lipinski definition) is 0. The van der Waals surface area contributed by atoms with Crippen molar-refractivity contribution in [2.75, 3.05) is 13.7 Å². The SMILES string of the molecule is CCOC(=O)C(=O)c1cc(C(C)(C)F)ccc1OC. The topological polar surface area (TPSA) is 52.6 Å². The maximum absolute atomic E-state index is 13.9. The van der Waals surface area contributed by atoms with Gasteiger partial charge in [-0.2, -0.15) is 0 Å². The smallest absolute Gasteiger partial charge is 0.379 e. The Kier molecular flexibility index (Phi) is 4.64. The molecule has 0 spiro atoms. The van der Waals surface area contributed by atoms with Crippen molar-refractivity contribution >= 4 is 11.8 Å². The zero-order chi connectivity index (χ0) is 14.6. The Bertz CT molecular complexity index is 489. The van der Waals surface area contributed by atoms with E-state index in [2.05, 4.69) is 4.74 Å². The Morgan fingerprint density at radius 1 is 1.32 bits per heavy atom. The quantitative estimate of drug-likeness (QED) is 0.468. The van der Waals surface area contributed by atoms with Gasteiger partial charge in [-0.3, -0.25) is 4.79 Å². The minimum Gasteiger partial charge on any atom is -0.496 e. The number of carbonyl (C=O) groups is 2. The first-order chi connectivity index (χ1) is 8.81. The third-order valence-electron chi connectivity index (χ3n) is 2.59. The molecule has 4 nitrogen and oxygen atoms in total. The number of halogens is 1. The van der Waals surface area contributed by atoms with E-state index < -0.39 is 17.4 Å². The zero-order valence-electron chi connectivity index (χ0n) is 11.5. The highest BCUT2D eigenvalue weighted by Gasteiger charge is 2.26. The van der Waals surface area contributed by atoms with Crippen LogP contribution in [0.2, 0.25) is 0 Å². The average Bonchev–Trinajstić information content (AvgIpc) is 2.36. The number of hydrogen-bond acceptors (Lipinski definition) is 4. The van der Waals surface area contributed by atoms with Crippen LogP contribution < -0.4 is 4.74 Å². The molecule has 1 aromatic carbocycles. The minimum atomic E-state index is -1.62. The van der Waals surface area contributed by atoms with E-state index in [-0.39, 0.29) is 17.9 Å². The van der Waals surface area contributed by atoms with Gasteiger partial charge in [-0.25, -0.2) is 9.18 Å². The van der Waals surface area contributed by atoms with Crippen LogP contribution in [0.25, 0.3) is 0 Å². The van der Waals surface area contributed by atoms with Crippen LogP contribution in [-0.4, -0.2) is 25.5 Å². The molecule has 0 atom stereocenters. The fourth-order valence-corrected chi connectivity index (χ4v) is 1.56. The van der Waals surface area contributed by atoms with E-state index in [0.29, 0.717) is 5.56 Å². The highest BCUT2D eigenvalue weighted by Crippen LogP contribution is 2.29. The number of rotatable bonds is 5. The van der Waals surface area contributed by atoms with E-state index in [1.807, 2.05) is 0 Å². The Morgan fingerprint density at radius 3 is 2.42 bits per heavy atom. The van der Waals surface area contributed by atoms with E-state index >= 15 is 0 Å². The van der Waals surface area contributed by atoms with Crippen LogP contribution in [0, 0.1) is 0 Å². The van der Waals surface area contributed by atoms with Crippen molar-refractivity contribution < 1.29 is 23.5 Å². The van der Waals surface area contributed by atoms with Gasteiger partial charge in [-0.1, -0.05) is 6.07 Å². The normalized spacial score (nSPS) is 11.0. The van der Waals surface area contributed by atoms with Crippen molar-refractivity contribution in [2.24, 2.45) is 0 Å². The number of benzene rings is 1. The molecule has 0 saturated heterocycles. The number of esters is 1. The lowest BCUT2D eigenvalue weighted by molar-refractivity contribution is -0.137. The van der Waals surface area contributed by atoms with Crippen molar-refractivity contribution in [1.29, 1.82) is 0 Å². The Hall–Kier alpha value is -1.91. The van der Waals surface area contributed by atoms with Crippen LogP contribution in [0.3, 0.4) is 0 Å². The summed E-state index contributed by atoms with van der Waals surface area (Å²) in [6, 6.07) is 4.29. The molecule has 0 unspecified atom stereocenters. The van der Waals surface area contributed by atoms with Gasteiger partial charge in [-0.15, -0.1) is 0 Å². The molecule has 0 heterocycles. The average molecular weight is 268 g/mol. The van der Waals surface area contributed by atoms with Gasteiger partial charge >= 0.3 is 5.97 Å². The van der Waals surface area contributed by atoms with Gasteiger partial charge in [0.2, 0.25) is 0 Å². The molecule has 0 aliphatic rings. The monoisotopic (exact) mass is 268 g/mol. The molecule has 0 aromatic heterocycles. The first kappa shape index (κ1) is 15.1. The Balaban J connectivity index is 3.23.